The van der Waals surface area contributed by atoms with Gasteiger partial charge in [0.25, 0.3) is 5.91 Å². The molecule has 1 N–H and O–H groups in total. The molecule has 1 aliphatic heterocycles. The molecule has 0 saturated heterocycles. The van der Waals surface area contributed by atoms with Crippen LogP contribution in [0.4, 0.5) is 5.13 Å². The summed E-state index contributed by atoms with van der Waals surface area (Å²) in [6.45, 7) is 6.35. The number of thiazole rings is 1. The van der Waals surface area contributed by atoms with E-state index < -0.39 is 0 Å². The first kappa shape index (κ1) is 18.8. The fraction of sp³-hybridized carbons (Fsp3) is 0.261. The molecule has 6 nitrogen and oxygen atoms in total. The Morgan fingerprint density at radius 3 is 2.57 bits per heavy atom. The minimum absolute atomic E-state index is 0.147. The van der Waals surface area contributed by atoms with E-state index in [0.717, 1.165) is 32.8 Å². The van der Waals surface area contributed by atoms with E-state index in [0.29, 0.717) is 10.8 Å². The number of nitrogens with zero attached hydrogens (tertiary/aromatic N) is 3. The van der Waals surface area contributed by atoms with Gasteiger partial charge in [0.05, 0.1) is 23.4 Å². The number of methoxy groups -OCH3 is 1. The van der Waals surface area contributed by atoms with Crippen LogP contribution in [-0.4, -0.2) is 28.2 Å². The minimum Gasteiger partial charge on any atom is -0.496 e. The van der Waals surface area contributed by atoms with Crippen LogP contribution >= 0.6 is 11.3 Å². The van der Waals surface area contributed by atoms with Crippen LogP contribution in [0.1, 0.15) is 54.1 Å². The number of hydrogen-bond donors (Lipinski definition) is 1. The van der Waals surface area contributed by atoms with Gasteiger partial charge >= 0.3 is 0 Å². The molecule has 0 aliphatic carbocycles. The molecule has 2 aromatic carbocycles. The van der Waals surface area contributed by atoms with Crippen LogP contribution in [-0.2, 0) is 5.41 Å². The smallest absolute Gasteiger partial charge is 0.281 e. The predicted octanol–water partition coefficient (Wildman–Crippen LogP) is 5.08. The van der Waals surface area contributed by atoms with Crippen molar-refractivity contribution in [2.75, 3.05) is 12.0 Å². The maximum absolute atomic E-state index is 13.6. The van der Waals surface area contributed by atoms with Crippen molar-refractivity contribution in [2.24, 2.45) is 0 Å². The van der Waals surface area contributed by atoms with Crippen LogP contribution in [0.3, 0.4) is 0 Å². The summed E-state index contributed by atoms with van der Waals surface area (Å²) in [5.74, 6) is 0.585. The summed E-state index contributed by atoms with van der Waals surface area (Å²) in [5, 5.41) is 8.21. The van der Waals surface area contributed by atoms with Crippen molar-refractivity contribution in [2.45, 2.75) is 32.2 Å². The van der Waals surface area contributed by atoms with Gasteiger partial charge in [0, 0.05) is 22.2 Å². The van der Waals surface area contributed by atoms with E-state index in [1.54, 1.807) is 12.0 Å². The largest absolute Gasteiger partial charge is 0.496 e. The lowest BCUT2D eigenvalue weighted by atomic mass is 9.85. The summed E-state index contributed by atoms with van der Waals surface area (Å²) in [7, 11) is 1.65. The fourth-order valence-electron chi connectivity index (χ4n) is 4.06. The van der Waals surface area contributed by atoms with Crippen molar-refractivity contribution >= 4 is 32.6 Å². The van der Waals surface area contributed by atoms with Crippen LogP contribution in [0, 0.1) is 0 Å². The van der Waals surface area contributed by atoms with E-state index >= 15 is 0 Å². The molecule has 152 valence electrons. The Bertz CT molecular complexity index is 1230. The number of amides is 1. The monoisotopic (exact) mass is 418 g/mol. The lowest BCUT2D eigenvalue weighted by Crippen LogP contribution is -2.30. The molecule has 0 bridgehead atoms. The van der Waals surface area contributed by atoms with Gasteiger partial charge in [0.15, 0.2) is 10.8 Å². The van der Waals surface area contributed by atoms with Crippen molar-refractivity contribution in [1.82, 2.24) is 15.2 Å². The number of H-pyrrole nitrogens is 1. The molecule has 0 fully saturated rings. The van der Waals surface area contributed by atoms with E-state index in [1.165, 1.54) is 11.3 Å². The van der Waals surface area contributed by atoms with Crippen molar-refractivity contribution in [1.29, 1.82) is 0 Å². The van der Waals surface area contributed by atoms with E-state index in [2.05, 4.69) is 31.0 Å². The number of ether oxygens (including phenoxy) is 1. The Kier molecular flexibility index (Phi) is 4.18. The van der Waals surface area contributed by atoms with Crippen LogP contribution in [0.5, 0.6) is 5.75 Å². The number of para-hydroxylation sites is 2. The highest BCUT2D eigenvalue weighted by atomic mass is 32.1. The molecule has 0 radical (unpaired) electrons. The number of aromatic amines is 1. The summed E-state index contributed by atoms with van der Waals surface area (Å²) in [4.78, 5) is 20.1. The number of benzene rings is 2. The number of carbonyl (C=O) groups excluding carboxylic acids is 1. The molecule has 3 heterocycles. The Labute approximate surface area is 178 Å². The molecule has 4 aromatic rings. The van der Waals surface area contributed by atoms with E-state index in [1.807, 2.05) is 48.5 Å². The second-order valence-electron chi connectivity index (χ2n) is 8.39. The molecular formula is C23H22N4O2S. The highest BCUT2D eigenvalue weighted by Gasteiger charge is 2.46. The van der Waals surface area contributed by atoms with Gasteiger partial charge in [-0.15, -0.1) is 0 Å². The van der Waals surface area contributed by atoms with E-state index in [9.17, 15) is 4.79 Å². The summed E-state index contributed by atoms with van der Waals surface area (Å²) >= 11 is 1.51. The summed E-state index contributed by atoms with van der Waals surface area (Å²) in [6, 6.07) is 15.4. The predicted molar refractivity (Wildman–Crippen MR) is 119 cm³/mol. The normalized spacial score (nSPS) is 16.3. The maximum atomic E-state index is 13.6. The summed E-state index contributed by atoms with van der Waals surface area (Å²) in [6.07, 6.45) is 0. The van der Waals surface area contributed by atoms with E-state index in [4.69, 9.17) is 9.72 Å². The third-order valence-electron chi connectivity index (χ3n) is 5.43. The maximum Gasteiger partial charge on any atom is 0.281 e. The van der Waals surface area contributed by atoms with Crippen molar-refractivity contribution in [3.8, 4) is 5.75 Å². The third-order valence-corrected chi connectivity index (χ3v) is 6.46. The first-order chi connectivity index (χ1) is 14.4. The molecular weight excluding hydrogens is 396 g/mol. The Hall–Kier alpha value is -3.19. The Morgan fingerprint density at radius 1 is 1.10 bits per heavy atom. The number of nitrogens with one attached hydrogen (secondary N) is 1. The summed E-state index contributed by atoms with van der Waals surface area (Å²) in [5.41, 5.74) is 3.89. The van der Waals surface area contributed by atoms with Crippen LogP contribution in [0.15, 0.2) is 48.5 Å². The fourth-order valence-corrected chi connectivity index (χ4v) is 5.05. The molecule has 0 saturated carbocycles. The SMILES string of the molecule is COc1ccccc1[C@H]1c2c(n[nH]c2C(C)(C)C)C(=O)N1c1nc2ccccc2s1. The lowest BCUT2D eigenvalue weighted by molar-refractivity contribution is 0.0988. The van der Waals surface area contributed by atoms with Crippen molar-refractivity contribution < 1.29 is 9.53 Å². The van der Waals surface area contributed by atoms with Gasteiger partial charge in [-0.1, -0.05) is 62.4 Å². The number of fused-ring (bicyclic) bond motifs is 2. The average molecular weight is 419 g/mol. The van der Waals surface area contributed by atoms with Crippen LogP contribution < -0.4 is 9.64 Å². The van der Waals surface area contributed by atoms with Crippen molar-refractivity contribution in [3.63, 3.8) is 0 Å². The average Bonchev–Trinajstić information content (AvgIpc) is 3.40. The number of anilines is 1. The molecule has 0 unspecified atom stereocenters. The Balaban J connectivity index is 1.77. The van der Waals surface area contributed by atoms with Gasteiger partial charge in [-0.2, -0.15) is 5.10 Å². The van der Waals surface area contributed by atoms with Gasteiger partial charge in [-0.05, 0) is 18.2 Å². The molecule has 7 heteroatoms. The molecule has 2 aromatic heterocycles. The Morgan fingerprint density at radius 2 is 1.83 bits per heavy atom. The number of carbonyl (C=O) groups is 1. The first-order valence-electron chi connectivity index (χ1n) is 9.81. The van der Waals surface area contributed by atoms with Gasteiger partial charge in [0.1, 0.15) is 5.75 Å². The first-order valence-corrected chi connectivity index (χ1v) is 10.6. The zero-order valence-electron chi connectivity index (χ0n) is 17.3. The number of aromatic nitrogens is 3. The second kappa shape index (κ2) is 6.67. The van der Waals surface area contributed by atoms with E-state index in [-0.39, 0.29) is 17.4 Å². The topological polar surface area (TPSA) is 71.1 Å². The molecule has 1 aliphatic rings. The molecule has 1 atom stereocenters. The van der Waals surface area contributed by atoms with Crippen LogP contribution in [0.2, 0.25) is 0 Å². The van der Waals surface area contributed by atoms with Crippen molar-refractivity contribution in [3.05, 3.63) is 71.0 Å². The zero-order valence-corrected chi connectivity index (χ0v) is 18.1. The quantitative estimate of drug-likeness (QED) is 0.504. The van der Waals surface area contributed by atoms with Gasteiger partial charge in [-0.3, -0.25) is 14.8 Å². The standard InChI is InChI=1S/C23H22N4O2S/c1-23(2,3)20-17-18(25-26-20)21(28)27(19(17)13-9-5-7-11-15(13)29-4)22-24-14-10-6-8-12-16(14)30-22/h5-12,19H,1-4H3,(H,25,26)/t19-/m0/s1. The van der Waals surface area contributed by atoms with Gasteiger partial charge in [-0.25, -0.2) is 4.98 Å². The van der Waals surface area contributed by atoms with Gasteiger partial charge in [0.2, 0.25) is 0 Å². The minimum atomic E-state index is -0.364. The molecule has 30 heavy (non-hydrogen) atoms. The highest BCUT2D eigenvalue weighted by molar-refractivity contribution is 7.22. The third kappa shape index (κ3) is 2.73. The second-order valence-corrected chi connectivity index (χ2v) is 9.40. The number of rotatable bonds is 3. The van der Waals surface area contributed by atoms with Gasteiger partial charge < -0.3 is 4.74 Å². The number of hydrogen-bond acceptors (Lipinski definition) is 5. The summed E-state index contributed by atoms with van der Waals surface area (Å²) < 4.78 is 6.71. The van der Waals surface area contributed by atoms with Crippen LogP contribution in [0.25, 0.3) is 10.2 Å². The molecule has 1 amide bonds. The lowest BCUT2D eigenvalue weighted by Gasteiger charge is -2.27. The molecule has 5 rings (SSSR count). The zero-order chi connectivity index (χ0) is 21.0. The highest BCUT2D eigenvalue weighted by Crippen LogP contribution is 2.48. The molecule has 0 spiro atoms.